The molecule has 9 aromatic carbocycles. The number of hydrogen-bond acceptors (Lipinski definition) is 0. The van der Waals surface area contributed by atoms with Gasteiger partial charge in [-0.3, -0.25) is 0 Å². The van der Waals surface area contributed by atoms with E-state index in [1.807, 2.05) is 0 Å². The van der Waals surface area contributed by atoms with Gasteiger partial charge >= 0.3 is 0 Å². The van der Waals surface area contributed by atoms with Crippen molar-refractivity contribution in [1.29, 1.82) is 0 Å². The second-order valence-electron chi connectivity index (χ2n) is 15.2. The monoisotopic (exact) mass is 697 g/mol. The first kappa shape index (κ1) is 30.5. The molecule has 12 rings (SSSR count). The second kappa shape index (κ2) is 11.8. The maximum absolute atomic E-state index is 2.51. The summed E-state index contributed by atoms with van der Waals surface area (Å²) in [6.07, 6.45) is 0.983. The molecule has 0 aliphatic heterocycles. The normalized spacial score (nSPS) is 13.9. The van der Waals surface area contributed by atoms with E-state index < -0.39 is 0 Å². The van der Waals surface area contributed by atoms with Gasteiger partial charge in [-0.05, 0) is 114 Å². The smallest absolute Gasteiger partial charge is 0.0547 e. The molecule has 0 fully saturated rings. The third kappa shape index (κ3) is 4.60. The van der Waals surface area contributed by atoms with Crippen molar-refractivity contribution in [3.8, 4) is 50.2 Å². The predicted molar refractivity (Wildman–Crippen MR) is 230 cm³/mol. The van der Waals surface area contributed by atoms with E-state index in [1.165, 1.54) is 111 Å². The molecule has 55 heavy (non-hydrogen) atoms. The van der Waals surface area contributed by atoms with Gasteiger partial charge in [0, 0.05) is 22.1 Å². The summed E-state index contributed by atoms with van der Waals surface area (Å²) in [5, 5.41) is 5.02. The summed E-state index contributed by atoms with van der Waals surface area (Å²) >= 11 is 0. The zero-order valence-corrected chi connectivity index (χ0v) is 30.2. The first-order chi connectivity index (χ1) is 27.3. The zero-order chi connectivity index (χ0) is 36.0. The van der Waals surface area contributed by atoms with Gasteiger partial charge in [0.2, 0.25) is 0 Å². The van der Waals surface area contributed by atoms with Crippen LogP contribution in [0.1, 0.15) is 33.7 Å². The van der Waals surface area contributed by atoms with Crippen LogP contribution in [0.25, 0.3) is 82.8 Å². The first-order valence-corrected chi connectivity index (χ1v) is 19.3. The van der Waals surface area contributed by atoms with Crippen molar-refractivity contribution in [2.75, 3.05) is 0 Å². The van der Waals surface area contributed by atoms with Crippen LogP contribution in [0.15, 0.2) is 194 Å². The lowest BCUT2D eigenvalue weighted by molar-refractivity contribution is 1.02. The molecule has 2 aliphatic rings. The molecule has 256 valence electrons. The molecule has 0 radical (unpaired) electrons. The molecule has 1 aromatic heterocycles. The van der Waals surface area contributed by atoms with Crippen LogP contribution in [0.3, 0.4) is 0 Å². The lowest BCUT2D eigenvalue weighted by atomic mass is 9.89. The van der Waals surface area contributed by atoms with E-state index in [4.69, 9.17) is 0 Å². The molecule has 0 spiro atoms. The van der Waals surface area contributed by atoms with Crippen LogP contribution in [-0.4, -0.2) is 4.57 Å². The summed E-state index contributed by atoms with van der Waals surface area (Å²) in [5.41, 5.74) is 20.9. The molecule has 1 unspecified atom stereocenters. The highest BCUT2D eigenvalue weighted by Gasteiger charge is 2.30. The molecule has 1 heteroatoms. The number of para-hydroxylation sites is 1. The Morgan fingerprint density at radius 3 is 1.95 bits per heavy atom. The summed E-state index contributed by atoms with van der Waals surface area (Å²) in [7, 11) is 0. The Balaban J connectivity index is 1.04. The largest absolute Gasteiger partial charge is 0.309 e. The van der Waals surface area contributed by atoms with E-state index in [-0.39, 0.29) is 5.92 Å². The minimum Gasteiger partial charge on any atom is -0.309 e. The van der Waals surface area contributed by atoms with Gasteiger partial charge in [-0.25, -0.2) is 0 Å². The standard InChI is InChI=1S/C54H35N/c1-2-12-34(13-3-1)54-48-20-9-8-18-45(48)50-31-36(24-27-49(50)54)37-23-26-47-46-19-10-11-21-51(46)55(53(47)32-37)52-33-40(29-39-15-5-7-17-44(39)52)35-22-25-43-41(28-35)30-38-14-4-6-16-42(38)43/h1-29,31-33,54H,30H2. The third-order valence-electron chi connectivity index (χ3n) is 12.3. The maximum atomic E-state index is 2.51. The molecule has 0 bridgehead atoms. The highest BCUT2D eigenvalue weighted by atomic mass is 15.0. The van der Waals surface area contributed by atoms with Crippen LogP contribution in [-0.2, 0) is 6.42 Å². The summed E-state index contributed by atoms with van der Waals surface area (Å²) in [4.78, 5) is 0. The Morgan fingerprint density at radius 2 is 1.02 bits per heavy atom. The van der Waals surface area contributed by atoms with E-state index in [0.717, 1.165) is 6.42 Å². The molecular formula is C54H35N. The number of fused-ring (bicyclic) bond motifs is 10. The molecular weight excluding hydrogens is 663 g/mol. The quantitative estimate of drug-likeness (QED) is 0.173. The summed E-state index contributed by atoms with van der Waals surface area (Å²) in [6, 6.07) is 72.5. The maximum Gasteiger partial charge on any atom is 0.0547 e. The Labute approximate surface area is 320 Å². The summed E-state index contributed by atoms with van der Waals surface area (Å²) < 4.78 is 2.51. The minimum atomic E-state index is 0.244. The van der Waals surface area contributed by atoms with Crippen LogP contribution in [0.4, 0.5) is 0 Å². The fourth-order valence-corrected chi connectivity index (χ4v) is 9.76. The molecule has 0 saturated carbocycles. The number of rotatable bonds is 4. The van der Waals surface area contributed by atoms with Gasteiger partial charge in [0.15, 0.2) is 0 Å². The third-order valence-corrected chi connectivity index (χ3v) is 12.3. The highest BCUT2D eigenvalue weighted by molar-refractivity contribution is 6.12. The summed E-state index contributed by atoms with van der Waals surface area (Å²) in [5.74, 6) is 0.244. The van der Waals surface area contributed by atoms with Crippen LogP contribution >= 0.6 is 0 Å². The van der Waals surface area contributed by atoms with Crippen molar-refractivity contribution >= 4 is 32.6 Å². The number of aromatic nitrogens is 1. The van der Waals surface area contributed by atoms with E-state index in [2.05, 4.69) is 199 Å². The van der Waals surface area contributed by atoms with Crippen LogP contribution in [0.5, 0.6) is 0 Å². The van der Waals surface area contributed by atoms with E-state index >= 15 is 0 Å². The molecule has 1 heterocycles. The second-order valence-corrected chi connectivity index (χ2v) is 15.2. The average Bonchev–Trinajstić information content (AvgIpc) is 3.90. The van der Waals surface area contributed by atoms with Gasteiger partial charge in [0.1, 0.15) is 0 Å². The Bertz CT molecular complexity index is 3180. The SMILES string of the molecule is c1ccc(C2c3ccccc3-c3cc(-c4ccc5c6ccccc6n(-c6cc(-c7ccc8c(c7)Cc7ccccc7-8)cc7ccccc67)c5c4)ccc32)cc1. The van der Waals surface area contributed by atoms with Gasteiger partial charge in [0.25, 0.3) is 0 Å². The van der Waals surface area contributed by atoms with Gasteiger partial charge < -0.3 is 4.57 Å². The van der Waals surface area contributed by atoms with Gasteiger partial charge in [-0.1, -0.05) is 164 Å². The fourth-order valence-electron chi connectivity index (χ4n) is 9.76. The van der Waals surface area contributed by atoms with E-state index in [1.54, 1.807) is 0 Å². The highest BCUT2D eigenvalue weighted by Crippen LogP contribution is 2.49. The van der Waals surface area contributed by atoms with Gasteiger partial charge in [-0.2, -0.15) is 0 Å². The van der Waals surface area contributed by atoms with Crippen LogP contribution in [0, 0.1) is 0 Å². The van der Waals surface area contributed by atoms with Crippen molar-refractivity contribution in [2.45, 2.75) is 12.3 Å². The molecule has 10 aromatic rings. The van der Waals surface area contributed by atoms with Crippen LogP contribution in [0.2, 0.25) is 0 Å². The molecule has 2 aliphatic carbocycles. The number of benzene rings is 9. The molecule has 0 amide bonds. The van der Waals surface area contributed by atoms with Crippen LogP contribution < -0.4 is 0 Å². The summed E-state index contributed by atoms with van der Waals surface area (Å²) in [6.45, 7) is 0. The predicted octanol–water partition coefficient (Wildman–Crippen LogP) is 14.0. The Hall–Kier alpha value is -6.96. The number of hydrogen-bond donors (Lipinski definition) is 0. The van der Waals surface area contributed by atoms with E-state index in [9.17, 15) is 0 Å². The van der Waals surface area contributed by atoms with Crippen molar-refractivity contribution in [3.63, 3.8) is 0 Å². The van der Waals surface area contributed by atoms with Crippen molar-refractivity contribution in [1.82, 2.24) is 4.57 Å². The minimum absolute atomic E-state index is 0.244. The Kier molecular flexibility index (Phi) is 6.53. The average molecular weight is 698 g/mol. The molecule has 0 saturated heterocycles. The van der Waals surface area contributed by atoms with Gasteiger partial charge in [0.05, 0.1) is 16.7 Å². The lowest BCUT2D eigenvalue weighted by Crippen LogP contribution is -1.98. The Morgan fingerprint density at radius 1 is 0.364 bits per heavy atom. The zero-order valence-electron chi connectivity index (χ0n) is 30.2. The topological polar surface area (TPSA) is 4.93 Å². The number of nitrogens with zero attached hydrogens (tertiary/aromatic N) is 1. The van der Waals surface area contributed by atoms with Crippen molar-refractivity contribution < 1.29 is 0 Å². The van der Waals surface area contributed by atoms with Crippen molar-refractivity contribution in [2.24, 2.45) is 0 Å². The molecule has 1 nitrogen and oxygen atoms in total. The van der Waals surface area contributed by atoms with Gasteiger partial charge in [-0.15, -0.1) is 0 Å². The molecule has 0 N–H and O–H groups in total. The molecule has 1 atom stereocenters. The lowest BCUT2D eigenvalue weighted by Gasteiger charge is -2.16. The van der Waals surface area contributed by atoms with Crippen molar-refractivity contribution in [3.05, 3.63) is 222 Å². The first-order valence-electron chi connectivity index (χ1n) is 19.3. The fraction of sp³-hybridized carbons (Fsp3) is 0.0370. The van der Waals surface area contributed by atoms with E-state index in [0.29, 0.717) is 0 Å².